The van der Waals surface area contributed by atoms with Gasteiger partial charge in [-0.25, -0.2) is 9.97 Å². The minimum atomic E-state index is -0.0141. The molecular formula is C24H22N4O2. The van der Waals surface area contributed by atoms with E-state index in [4.69, 9.17) is 4.74 Å². The Morgan fingerprint density at radius 1 is 1.00 bits per heavy atom. The Hall–Kier alpha value is -3.93. The molecule has 0 unspecified atom stereocenters. The number of aromatic nitrogens is 2. The SMILES string of the molecule is CC(=O)NCCc1ccc2nc(Oc3ccc(Nc4ccccn4)cc3)ccc2c1. The van der Waals surface area contributed by atoms with Gasteiger partial charge >= 0.3 is 0 Å². The summed E-state index contributed by atoms with van der Waals surface area (Å²) >= 11 is 0. The smallest absolute Gasteiger partial charge is 0.219 e. The van der Waals surface area contributed by atoms with Crippen molar-refractivity contribution in [3.8, 4) is 11.6 Å². The number of carbonyl (C=O) groups excluding carboxylic acids is 1. The monoisotopic (exact) mass is 398 g/mol. The highest BCUT2D eigenvalue weighted by Gasteiger charge is 2.04. The van der Waals surface area contributed by atoms with Crippen molar-refractivity contribution >= 4 is 28.3 Å². The van der Waals surface area contributed by atoms with Crippen molar-refractivity contribution in [2.24, 2.45) is 0 Å². The molecular weight excluding hydrogens is 376 g/mol. The van der Waals surface area contributed by atoms with E-state index in [1.165, 1.54) is 6.92 Å². The van der Waals surface area contributed by atoms with E-state index in [1.54, 1.807) is 6.20 Å². The molecule has 0 atom stereocenters. The first-order chi connectivity index (χ1) is 14.7. The minimum Gasteiger partial charge on any atom is -0.439 e. The van der Waals surface area contributed by atoms with Crippen LogP contribution in [0.15, 0.2) is 79.0 Å². The molecule has 2 aromatic heterocycles. The first kappa shape index (κ1) is 19.4. The number of nitrogens with one attached hydrogen (secondary N) is 2. The quantitative estimate of drug-likeness (QED) is 0.466. The maximum absolute atomic E-state index is 11.0. The number of hydrogen-bond donors (Lipinski definition) is 2. The van der Waals surface area contributed by atoms with Gasteiger partial charge in [0.15, 0.2) is 0 Å². The molecule has 0 aliphatic heterocycles. The summed E-state index contributed by atoms with van der Waals surface area (Å²) in [5.74, 6) is 2.03. The maximum Gasteiger partial charge on any atom is 0.219 e. The molecule has 0 radical (unpaired) electrons. The third-order valence-electron chi connectivity index (χ3n) is 4.53. The lowest BCUT2D eigenvalue weighted by molar-refractivity contribution is -0.118. The molecule has 6 heteroatoms. The van der Waals surface area contributed by atoms with Crippen LogP contribution in [0.5, 0.6) is 11.6 Å². The normalized spacial score (nSPS) is 10.6. The van der Waals surface area contributed by atoms with Crippen LogP contribution in [0.25, 0.3) is 10.9 Å². The molecule has 0 fully saturated rings. The fourth-order valence-electron chi connectivity index (χ4n) is 3.06. The highest BCUT2D eigenvalue weighted by atomic mass is 16.5. The largest absolute Gasteiger partial charge is 0.439 e. The first-order valence-electron chi connectivity index (χ1n) is 9.76. The second-order valence-electron chi connectivity index (χ2n) is 6.88. The van der Waals surface area contributed by atoms with Crippen LogP contribution in [0, 0.1) is 0 Å². The lowest BCUT2D eigenvalue weighted by Gasteiger charge is -2.09. The minimum absolute atomic E-state index is 0.0141. The highest BCUT2D eigenvalue weighted by Crippen LogP contribution is 2.25. The molecule has 150 valence electrons. The number of fused-ring (bicyclic) bond motifs is 1. The Labute approximate surface area is 175 Å². The van der Waals surface area contributed by atoms with Crippen LogP contribution in [-0.2, 0) is 11.2 Å². The fraction of sp³-hybridized carbons (Fsp3) is 0.125. The summed E-state index contributed by atoms with van der Waals surface area (Å²) in [6.07, 6.45) is 2.53. The Balaban J connectivity index is 1.41. The Morgan fingerprint density at radius 3 is 2.63 bits per heavy atom. The zero-order chi connectivity index (χ0) is 20.8. The van der Waals surface area contributed by atoms with Gasteiger partial charge in [-0.15, -0.1) is 0 Å². The molecule has 0 saturated heterocycles. The molecule has 2 N–H and O–H groups in total. The van der Waals surface area contributed by atoms with Crippen LogP contribution in [0.1, 0.15) is 12.5 Å². The maximum atomic E-state index is 11.0. The van der Waals surface area contributed by atoms with E-state index < -0.39 is 0 Å². The van der Waals surface area contributed by atoms with Crippen molar-refractivity contribution < 1.29 is 9.53 Å². The molecule has 2 aromatic carbocycles. The molecule has 0 aliphatic rings. The molecule has 4 aromatic rings. The van der Waals surface area contributed by atoms with Crippen molar-refractivity contribution in [3.63, 3.8) is 0 Å². The number of hydrogen-bond acceptors (Lipinski definition) is 5. The van der Waals surface area contributed by atoms with Crippen LogP contribution in [0.2, 0.25) is 0 Å². The predicted molar refractivity (Wildman–Crippen MR) is 118 cm³/mol. The summed E-state index contributed by atoms with van der Waals surface area (Å²) in [5.41, 5.74) is 2.95. The highest BCUT2D eigenvalue weighted by molar-refractivity contribution is 5.80. The molecule has 1 amide bonds. The van der Waals surface area contributed by atoms with Gasteiger partial charge in [-0.2, -0.15) is 0 Å². The van der Waals surface area contributed by atoms with E-state index in [9.17, 15) is 4.79 Å². The average Bonchev–Trinajstić information content (AvgIpc) is 2.76. The van der Waals surface area contributed by atoms with Crippen LogP contribution >= 0.6 is 0 Å². The summed E-state index contributed by atoms with van der Waals surface area (Å²) in [5, 5.41) is 7.09. The summed E-state index contributed by atoms with van der Waals surface area (Å²) in [7, 11) is 0. The molecule has 0 spiro atoms. The van der Waals surface area contributed by atoms with Crippen molar-refractivity contribution in [1.29, 1.82) is 0 Å². The number of ether oxygens (including phenoxy) is 1. The topological polar surface area (TPSA) is 76.1 Å². The zero-order valence-corrected chi connectivity index (χ0v) is 16.6. The van der Waals surface area contributed by atoms with E-state index in [1.807, 2.05) is 66.7 Å². The van der Waals surface area contributed by atoms with Crippen LogP contribution in [0.4, 0.5) is 11.5 Å². The number of pyridine rings is 2. The summed E-state index contributed by atoms with van der Waals surface area (Å²) in [6.45, 7) is 2.15. The lowest BCUT2D eigenvalue weighted by Crippen LogP contribution is -2.22. The van der Waals surface area contributed by atoms with Gasteiger partial charge in [-0.3, -0.25) is 4.79 Å². The van der Waals surface area contributed by atoms with E-state index in [0.717, 1.165) is 34.4 Å². The lowest BCUT2D eigenvalue weighted by atomic mass is 10.1. The van der Waals surface area contributed by atoms with E-state index in [2.05, 4.69) is 26.7 Å². The Morgan fingerprint density at radius 2 is 1.87 bits per heavy atom. The molecule has 4 rings (SSSR count). The number of rotatable bonds is 7. The summed E-state index contributed by atoms with van der Waals surface area (Å²) in [4.78, 5) is 19.8. The van der Waals surface area contributed by atoms with Crippen LogP contribution in [-0.4, -0.2) is 22.4 Å². The summed E-state index contributed by atoms with van der Waals surface area (Å²) < 4.78 is 5.91. The van der Waals surface area contributed by atoms with Gasteiger partial charge in [-0.1, -0.05) is 12.1 Å². The average molecular weight is 398 g/mol. The van der Waals surface area contributed by atoms with Gasteiger partial charge in [0, 0.05) is 36.8 Å². The summed E-state index contributed by atoms with van der Waals surface area (Å²) in [6, 6.07) is 23.3. The number of carbonyl (C=O) groups is 1. The van der Waals surface area contributed by atoms with Crippen LogP contribution < -0.4 is 15.4 Å². The first-order valence-corrected chi connectivity index (χ1v) is 9.76. The second-order valence-corrected chi connectivity index (χ2v) is 6.88. The molecule has 6 nitrogen and oxygen atoms in total. The van der Waals surface area contributed by atoms with Gasteiger partial charge < -0.3 is 15.4 Å². The standard InChI is InChI=1S/C24H22N4O2/c1-17(29)25-15-13-18-5-11-22-19(16-18)6-12-24(28-22)30-21-9-7-20(8-10-21)27-23-4-2-3-14-26-23/h2-12,14,16H,13,15H2,1H3,(H,25,29)(H,26,27). The van der Waals surface area contributed by atoms with Gasteiger partial charge in [0.2, 0.25) is 11.8 Å². The number of anilines is 2. The zero-order valence-electron chi connectivity index (χ0n) is 16.6. The third kappa shape index (κ3) is 5.11. The van der Waals surface area contributed by atoms with Gasteiger partial charge in [0.1, 0.15) is 11.6 Å². The predicted octanol–water partition coefficient (Wildman–Crippen LogP) is 4.84. The number of amides is 1. The van der Waals surface area contributed by atoms with E-state index in [-0.39, 0.29) is 5.91 Å². The van der Waals surface area contributed by atoms with Gasteiger partial charge in [-0.05, 0) is 66.6 Å². The van der Waals surface area contributed by atoms with Gasteiger partial charge in [0.05, 0.1) is 5.52 Å². The van der Waals surface area contributed by atoms with Crippen molar-refractivity contribution in [3.05, 3.63) is 84.6 Å². The molecule has 2 heterocycles. The molecule has 30 heavy (non-hydrogen) atoms. The molecule has 0 saturated carbocycles. The molecule has 0 bridgehead atoms. The van der Waals surface area contributed by atoms with Crippen molar-refractivity contribution in [1.82, 2.24) is 15.3 Å². The van der Waals surface area contributed by atoms with Crippen molar-refractivity contribution in [2.45, 2.75) is 13.3 Å². The fourth-order valence-corrected chi connectivity index (χ4v) is 3.06. The van der Waals surface area contributed by atoms with Gasteiger partial charge in [0.25, 0.3) is 0 Å². The number of nitrogens with zero attached hydrogens (tertiary/aromatic N) is 2. The Bertz CT molecular complexity index is 1140. The second kappa shape index (κ2) is 9.05. The Kier molecular flexibility index (Phi) is 5.85. The number of benzene rings is 2. The van der Waals surface area contributed by atoms with Crippen LogP contribution in [0.3, 0.4) is 0 Å². The third-order valence-corrected chi connectivity index (χ3v) is 4.53. The molecule has 0 aliphatic carbocycles. The van der Waals surface area contributed by atoms with E-state index in [0.29, 0.717) is 18.2 Å². The van der Waals surface area contributed by atoms with E-state index >= 15 is 0 Å². The van der Waals surface area contributed by atoms with Crippen molar-refractivity contribution in [2.75, 3.05) is 11.9 Å².